The molecule has 0 aliphatic rings. The topological polar surface area (TPSA) is 49.3 Å². The molecular formula is C14H21IN4S2. The highest BCUT2D eigenvalue weighted by Gasteiger charge is 2.02. The van der Waals surface area contributed by atoms with Gasteiger partial charge in [0.05, 0.1) is 13.1 Å². The highest BCUT2D eigenvalue weighted by Crippen LogP contribution is 2.13. The first-order valence-electron chi connectivity index (χ1n) is 6.80. The summed E-state index contributed by atoms with van der Waals surface area (Å²) in [6.45, 7) is 6.51. The predicted molar refractivity (Wildman–Crippen MR) is 103 cm³/mol. The van der Waals surface area contributed by atoms with Crippen LogP contribution in [0.5, 0.6) is 0 Å². The molecule has 0 aliphatic heterocycles. The second kappa shape index (κ2) is 10.1. The summed E-state index contributed by atoms with van der Waals surface area (Å²) in [4.78, 5) is 11.6. The zero-order chi connectivity index (χ0) is 14.2. The van der Waals surface area contributed by atoms with Crippen molar-refractivity contribution in [3.05, 3.63) is 38.5 Å². The van der Waals surface area contributed by atoms with Crippen LogP contribution >= 0.6 is 46.7 Å². The van der Waals surface area contributed by atoms with E-state index in [0.717, 1.165) is 30.5 Å². The highest BCUT2D eigenvalue weighted by atomic mass is 127. The lowest BCUT2D eigenvalue weighted by molar-refractivity contribution is 0.813. The first-order chi connectivity index (χ1) is 9.81. The molecule has 0 unspecified atom stereocenters. The minimum Gasteiger partial charge on any atom is -0.357 e. The number of thiophene rings is 1. The molecule has 0 spiro atoms. The standard InChI is InChI=1S/C14H20N4S2.HI/c1-3-11-8-16-13(20-11)10-18-14(15-4-2)17-9-12-6-5-7-19-12;/h5-8H,3-4,9-10H2,1-2H3,(H2,15,17,18);1H. The van der Waals surface area contributed by atoms with Crippen LogP contribution in [0.2, 0.25) is 0 Å². The number of guanidine groups is 1. The van der Waals surface area contributed by atoms with Gasteiger partial charge in [-0.25, -0.2) is 9.98 Å². The third-order valence-corrected chi connectivity index (χ3v) is 4.68. The van der Waals surface area contributed by atoms with E-state index in [1.54, 1.807) is 22.7 Å². The molecule has 4 nitrogen and oxygen atoms in total. The minimum atomic E-state index is 0. The summed E-state index contributed by atoms with van der Waals surface area (Å²) in [5.74, 6) is 0.842. The maximum Gasteiger partial charge on any atom is 0.191 e. The largest absolute Gasteiger partial charge is 0.357 e. The normalized spacial score (nSPS) is 11.0. The molecule has 2 N–H and O–H groups in total. The third-order valence-electron chi connectivity index (χ3n) is 2.67. The Kier molecular flexibility index (Phi) is 8.86. The monoisotopic (exact) mass is 436 g/mol. The quantitative estimate of drug-likeness (QED) is 0.413. The summed E-state index contributed by atoms with van der Waals surface area (Å²) < 4.78 is 0. The zero-order valence-electron chi connectivity index (χ0n) is 12.3. The summed E-state index contributed by atoms with van der Waals surface area (Å²) in [7, 11) is 0. The van der Waals surface area contributed by atoms with Crippen molar-refractivity contribution in [3.63, 3.8) is 0 Å². The molecule has 0 aliphatic carbocycles. The Hall–Kier alpha value is -0.670. The van der Waals surface area contributed by atoms with Crippen molar-refractivity contribution in [1.82, 2.24) is 15.6 Å². The molecule has 2 aromatic heterocycles. The van der Waals surface area contributed by atoms with E-state index in [1.807, 2.05) is 6.20 Å². The molecule has 116 valence electrons. The summed E-state index contributed by atoms with van der Waals surface area (Å²) in [5.41, 5.74) is 0. The molecule has 21 heavy (non-hydrogen) atoms. The fourth-order valence-corrected chi connectivity index (χ4v) is 3.08. The number of hydrogen-bond acceptors (Lipinski definition) is 4. The molecule has 0 radical (unpaired) electrons. The molecular weight excluding hydrogens is 415 g/mol. The number of halogens is 1. The van der Waals surface area contributed by atoms with E-state index in [0.29, 0.717) is 6.54 Å². The minimum absolute atomic E-state index is 0. The van der Waals surface area contributed by atoms with Crippen LogP contribution < -0.4 is 10.6 Å². The van der Waals surface area contributed by atoms with Crippen molar-refractivity contribution < 1.29 is 0 Å². The lowest BCUT2D eigenvalue weighted by Gasteiger charge is -2.09. The van der Waals surface area contributed by atoms with E-state index < -0.39 is 0 Å². The Bertz CT molecular complexity index is 537. The van der Waals surface area contributed by atoms with E-state index in [9.17, 15) is 0 Å². The van der Waals surface area contributed by atoms with Gasteiger partial charge in [-0.05, 0) is 24.8 Å². The van der Waals surface area contributed by atoms with E-state index >= 15 is 0 Å². The molecule has 0 amide bonds. The van der Waals surface area contributed by atoms with Gasteiger partial charge in [-0.3, -0.25) is 0 Å². The van der Waals surface area contributed by atoms with E-state index in [-0.39, 0.29) is 24.0 Å². The molecule has 2 rings (SSSR count). The van der Waals surface area contributed by atoms with Crippen LogP contribution in [0.4, 0.5) is 0 Å². The second-order valence-corrected chi connectivity index (χ2v) is 6.43. The van der Waals surface area contributed by atoms with Gasteiger partial charge >= 0.3 is 0 Å². The van der Waals surface area contributed by atoms with Crippen LogP contribution in [-0.4, -0.2) is 17.5 Å². The van der Waals surface area contributed by atoms with Gasteiger partial charge in [0.25, 0.3) is 0 Å². The Morgan fingerprint density at radius 2 is 2.14 bits per heavy atom. The van der Waals surface area contributed by atoms with Gasteiger partial charge in [-0.15, -0.1) is 46.7 Å². The van der Waals surface area contributed by atoms with Crippen molar-refractivity contribution in [3.8, 4) is 0 Å². The molecule has 0 aromatic carbocycles. The number of aliphatic imine (C=N–C) groups is 1. The fraction of sp³-hybridized carbons (Fsp3) is 0.429. The van der Waals surface area contributed by atoms with Gasteiger partial charge in [0.1, 0.15) is 5.01 Å². The first-order valence-corrected chi connectivity index (χ1v) is 8.49. The average molecular weight is 436 g/mol. The van der Waals surface area contributed by atoms with E-state index in [4.69, 9.17) is 0 Å². The highest BCUT2D eigenvalue weighted by molar-refractivity contribution is 14.0. The third kappa shape index (κ3) is 6.31. The molecule has 7 heteroatoms. The van der Waals surface area contributed by atoms with Gasteiger partial charge in [0, 0.05) is 22.5 Å². The Balaban J connectivity index is 0.00000220. The SMILES string of the molecule is CCNC(=NCc1cccs1)NCc1ncc(CC)s1.I. The Labute approximate surface area is 151 Å². The molecule has 0 saturated carbocycles. The zero-order valence-corrected chi connectivity index (χ0v) is 16.2. The molecule has 0 fully saturated rings. The van der Waals surface area contributed by atoms with Gasteiger partial charge < -0.3 is 10.6 Å². The van der Waals surface area contributed by atoms with Crippen LogP contribution in [0.1, 0.15) is 28.6 Å². The van der Waals surface area contributed by atoms with Crippen LogP contribution in [-0.2, 0) is 19.5 Å². The van der Waals surface area contributed by atoms with Gasteiger partial charge in [0.15, 0.2) is 5.96 Å². The van der Waals surface area contributed by atoms with Crippen LogP contribution in [0.25, 0.3) is 0 Å². The van der Waals surface area contributed by atoms with Crippen molar-refractivity contribution in [2.24, 2.45) is 4.99 Å². The lowest BCUT2D eigenvalue weighted by Crippen LogP contribution is -2.36. The van der Waals surface area contributed by atoms with Gasteiger partial charge in [-0.2, -0.15) is 0 Å². The smallest absolute Gasteiger partial charge is 0.191 e. The number of thiazole rings is 1. The number of aromatic nitrogens is 1. The fourth-order valence-electron chi connectivity index (χ4n) is 1.65. The van der Waals surface area contributed by atoms with Crippen LogP contribution in [0.15, 0.2) is 28.7 Å². The molecule has 2 heterocycles. The number of nitrogens with zero attached hydrogens (tertiary/aromatic N) is 2. The van der Waals surface area contributed by atoms with Crippen LogP contribution in [0.3, 0.4) is 0 Å². The average Bonchev–Trinajstić information content (AvgIpc) is 3.13. The maximum absolute atomic E-state index is 4.58. The number of hydrogen-bond donors (Lipinski definition) is 2. The van der Waals surface area contributed by atoms with Crippen molar-refractivity contribution in [1.29, 1.82) is 0 Å². The Morgan fingerprint density at radius 3 is 2.76 bits per heavy atom. The van der Waals surface area contributed by atoms with Gasteiger partial charge in [-0.1, -0.05) is 13.0 Å². The van der Waals surface area contributed by atoms with E-state index in [2.05, 4.69) is 52.0 Å². The van der Waals surface area contributed by atoms with Crippen molar-refractivity contribution in [2.75, 3.05) is 6.54 Å². The summed E-state index contributed by atoms with van der Waals surface area (Å²) in [6.07, 6.45) is 3.00. The molecule has 0 bridgehead atoms. The van der Waals surface area contributed by atoms with Gasteiger partial charge in [0.2, 0.25) is 0 Å². The number of nitrogens with one attached hydrogen (secondary N) is 2. The maximum atomic E-state index is 4.58. The van der Waals surface area contributed by atoms with Crippen LogP contribution in [0, 0.1) is 0 Å². The molecule has 0 saturated heterocycles. The predicted octanol–water partition coefficient (Wildman–Crippen LogP) is 3.64. The van der Waals surface area contributed by atoms with E-state index in [1.165, 1.54) is 9.75 Å². The lowest BCUT2D eigenvalue weighted by atomic mass is 10.4. The summed E-state index contributed by atoms with van der Waals surface area (Å²) >= 11 is 3.49. The Morgan fingerprint density at radius 1 is 1.29 bits per heavy atom. The molecule has 2 aromatic rings. The van der Waals surface area contributed by atoms with Crippen molar-refractivity contribution in [2.45, 2.75) is 33.4 Å². The first kappa shape index (κ1) is 18.4. The summed E-state index contributed by atoms with van der Waals surface area (Å²) in [5, 5.41) is 9.76. The van der Waals surface area contributed by atoms with Crippen molar-refractivity contribution >= 4 is 52.6 Å². The summed E-state index contributed by atoms with van der Waals surface area (Å²) in [6, 6.07) is 4.16. The number of rotatable bonds is 6. The molecule has 0 atom stereocenters. The number of aryl methyl sites for hydroxylation is 1. The second-order valence-electron chi connectivity index (χ2n) is 4.20.